The Morgan fingerprint density at radius 2 is 1.91 bits per heavy atom. The van der Waals surface area contributed by atoms with Crippen LogP contribution in [-0.2, 0) is 6.54 Å². The molecule has 2 amide bonds. The van der Waals surface area contributed by atoms with Crippen LogP contribution in [0.4, 0.5) is 10.5 Å². The number of urea groups is 1. The third kappa shape index (κ3) is 4.08. The molecule has 0 spiro atoms. The van der Waals surface area contributed by atoms with Gasteiger partial charge in [0.1, 0.15) is 0 Å². The fourth-order valence-electron chi connectivity index (χ4n) is 1.84. The van der Waals surface area contributed by atoms with Gasteiger partial charge >= 0.3 is 12.0 Å². The van der Waals surface area contributed by atoms with E-state index in [4.69, 9.17) is 10.4 Å². The van der Waals surface area contributed by atoms with Crippen LogP contribution in [0.1, 0.15) is 21.5 Å². The van der Waals surface area contributed by atoms with Crippen molar-refractivity contribution >= 4 is 17.7 Å². The van der Waals surface area contributed by atoms with Gasteiger partial charge in [0.25, 0.3) is 0 Å². The first-order valence-electron chi connectivity index (χ1n) is 6.46. The summed E-state index contributed by atoms with van der Waals surface area (Å²) in [6.45, 7) is 0.199. The molecule has 0 fully saturated rings. The molecule has 6 nitrogen and oxygen atoms in total. The standard InChI is InChI=1S/C16H13N3O3/c17-9-11-3-2-6-14(8-11)19-16(22)18-10-12-4-1-5-13(7-12)15(20)21/h1-8H,10H2,(H,20,21)(H2,18,19,22). The summed E-state index contributed by atoms with van der Waals surface area (Å²) in [4.78, 5) is 22.6. The molecule has 0 radical (unpaired) electrons. The molecule has 6 heteroatoms. The minimum absolute atomic E-state index is 0.168. The van der Waals surface area contributed by atoms with Gasteiger partial charge in [0.2, 0.25) is 0 Å². The summed E-state index contributed by atoms with van der Waals surface area (Å²) >= 11 is 0. The van der Waals surface area contributed by atoms with E-state index >= 15 is 0 Å². The Hall–Kier alpha value is -3.33. The number of carboxylic acid groups (broad SMARTS) is 1. The van der Waals surface area contributed by atoms with Gasteiger partial charge in [-0.3, -0.25) is 0 Å². The van der Waals surface area contributed by atoms with Gasteiger partial charge in [0, 0.05) is 12.2 Å². The zero-order chi connectivity index (χ0) is 15.9. The Morgan fingerprint density at radius 1 is 1.14 bits per heavy atom. The summed E-state index contributed by atoms with van der Waals surface area (Å²) in [7, 11) is 0. The number of nitrogens with one attached hydrogen (secondary N) is 2. The van der Waals surface area contributed by atoms with Crippen LogP contribution in [0.25, 0.3) is 0 Å². The molecule has 0 saturated heterocycles. The van der Waals surface area contributed by atoms with E-state index in [1.54, 1.807) is 36.4 Å². The normalized spacial score (nSPS) is 9.59. The number of hydrogen-bond acceptors (Lipinski definition) is 3. The summed E-state index contributed by atoms with van der Waals surface area (Å²) in [5, 5.41) is 22.9. The number of carbonyl (C=O) groups is 2. The Bertz CT molecular complexity index is 750. The first-order chi connectivity index (χ1) is 10.6. The minimum atomic E-state index is -1.01. The van der Waals surface area contributed by atoms with Crippen LogP contribution in [0.3, 0.4) is 0 Å². The smallest absolute Gasteiger partial charge is 0.335 e. The average Bonchev–Trinajstić information content (AvgIpc) is 2.53. The number of anilines is 1. The van der Waals surface area contributed by atoms with Crippen LogP contribution in [0, 0.1) is 11.3 Å². The molecule has 110 valence electrons. The highest BCUT2D eigenvalue weighted by atomic mass is 16.4. The summed E-state index contributed by atoms with van der Waals surface area (Å²) in [6, 6.07) is 14.4. The van der Waals surface area contributed by atoms with Gasteiger partial charge in [-0.2, -0.15) is 5.26 Å². The van der Waals surface area contributed by atoms with Crippen LogP contribution in [0.2, 0.25) is 0 Å². The second-order valence-corrected chi connectivity index (χ2v) is 4.51. The SMILES string of the molecule is N#Cc1cccc(NC(=O)NCc2cccc(C(=O)O)c2)c1. The molecule has 2 aromatic rings. The molecule has 2 aromatic carbocycles. The number of nitrogens with zero attached hydrogens (tertiary/aromatic N) is 1. The zero-order valence-corrected chi connectivity index (χ0v) is 11.5. The number of amides is 2. The molecule has 2 rings (SSSR count). The van der Waals surface area contributed by atoms with E-state index < -0.39 is 12.0 Å². The number of rotatable bonds is 4. The van der Waals surface area contributed by atoms with Crippen molar-refractivity contribution in [3.63, 3.8) is 0 Å². The Balaban J connectivity index is 1.94. The molecular formula is C16H13N3O3. The van der Waals surface area contributed by atoms with Crippen molar-refractivity contribution in [1.82, 2.24) is 5.32 Å². The molecule has 3 N–H and O–H groups in total. The van der Waals surface area contributed by atoms with Gasteiger partial charge in [-0.15, -0.1) is 0 Å². The van der Waals surface area contributed by atoms with Crippen molar-refractivity contribution in [3.05, 3.63) is 65.2 Å². The van der Waals surface area contributed by atoms with Gasteiger partial charge in [-0.05, 0) is 35.9 Å². The second-order valence-electron chi connectivity index (χ2n) is 4.51. The predicted octanol–water partition coefficient (Wildman–Crippen LogP) is 2.58. The predicted molar refractivity (Wildman–Crippen MR) is 80.4 cm³/mol. The highest BCUT2D eigenvalue weighted by Crippen LogP contribution is 2.10. The first kappa shape index (κ1) is 15.1. The van der Waals surface area contributed by atoms with E-state index in [1.165, 1.54) is 12.1 Å². The third-order valence-corrected chi connectivity index (χ3v) is 2.88. The van der Waals surface area contributed by atoms with E-state index in [2.05, 4.69) is 10.6 Å². The van der Waals surface area contributed by atoms with Crippen LogP contribution in [-0.4, -0.2) is 17.1 Å². The minimum Gasteiger partial charge on any atom is -0.478 e. The van der Waals surface area contributed by atoms with E-state index in [1.807, 2.05) is 6.07 Å². The maximum atomic E-state index is 11.8. The summed E-state index contributed by atoms with van der Waals surface area (Å²) in [6.07, 6.45) is 0. The Kier molecular flexibility index (Phi) is 4.73. The highest BCUT2D eigenvalue weighted by Gasteiger charge is 2.05. The van der Waals surface area contributed by atoms with Crippen molar-refractivity contribution in [2.45, 2.75) is 6.54 Å². The van der Waals surface area contributed by atoms with E-state index in [0.717, 1.165) is 0 Å². The summed E-state index contributed by atoms with van der Waals surface area (Å²) in [5.41, 5.74) is 1.81. The lowest BCUT2D eigenvalue weighted by atomic mass is 10.1. The van der Waals surface area contributed by atoms with Crippen molar-refractivity contribution < 1.29 is 14.7 Å². The van der Waals surface area contributed by atoms with E-state index in [9.17, 15) is 9.59 Å². The number of hydrogen-bond donors (Lipinski definition) is 3. The molecule has 0 unspecified atom stereocenters. The van der Waals surface area contributed by atoms with Gasteiger partial charge in [0.05, 0.1) is 17.2 Å². The van der Waals surface area contributed by atoms with Crippen LogP contribution in [0.15, 0.2) is 48.5 Å². The second kappa shape index (κ2) is 6.90. The maximum absolute atomic E-state index is 11.8. The number of nitriles is 1. The third-order valence-electron chi connectivity index (χ3n) is 2.88. The summed E-state index contributed by atoms with van der Waals surface area (Å²) < 4.78 is 0. The van der Waals surface area contributed by atoms with Gasteiger partial charge in [0.15, 0.2) is 0 Å². The molecule has 0 heterocycles. The number of carbonyl (C=O) groups excluding carboxylic acids is 1. The number of carboxylic acids is 1. The van der Waals surface area contributed by atoms with Gasteiger partial charge in [-0.25, -0.2) is 9.59 Å². The Morgan fingerprint density at radius 3 is 2.64 bits per heavy atom. The molecule has 0 aromatic heterocycles. The lowest BCUT2D eigenvalue weighted by molar-refractivity contribution is 0.0696. The van der Waals surface area contributed by atoms with E-state index in [-0.39, 0.29) is 12.1 Å². The highest BCUT2D eigenvalue weighted by molar-refractivity contribution is 5.89. The average molecular weight is 295 g/mol. The van der Waals surface area contributed by atoms with Gasteiger partial charge < -0.3 is 15.7 Å². The quantitative estimate of drug-likeness (QED) is 0.806. The fourth-order valence-corrected chi connectivity index (χ4v) is 1.84. The monoisotopic (exact) mass is 295 g/mol. The van der Waals surface area contributed by atoms with Crippen LogP contribution in [0.5, 0.6) is 0 Å². The molecule has 22 heavy (non-hydrogen) atoms. The number of benzene rings is 2. The van der Waals surface area contributed by atoms with Crippen molar-refractivity contribution in [3.8, 4) is 6.07 Å². The maximum Gasteiger partial charge on any atom is 0.335 e. The zero-order valence-electron chi connectivity index (χ0n) is 11.5. The molecular weight excluding hydrogens is 282 g/mol. The van der Waals surface area contributed by atoms with Crippen LogP contribution < -0.4 is 10.6 Å². The molecule has 0 atom stereocenters. The van der Waals surface area contributed by atoms with Gasteiger partial charge in [-0.1, -0.05) is 18.2 Å². The number of aromatic carboxylic acids is 1. The first-order valence-corrected chi connectivity index (χ1v) is 6.46. The van der Waals surface area contributed by atoms with E-state index in [0.29, 0.717) is 16.8 Å². The molecule has 0 saturated carbocycles. The fraction of sp³-hybridized carbons (Fsp3) is 0.0625. The van der Waals surface area contributed by atoms with Crippen molar-refractivity contribution in [1.29, 1.82) is 5.26 Å². The molecule has 0 bridgehead atoms. The molecule has 0 aliphatic rings. The van der Waals surface area contributed by atoms with Crippen LogP contribution >= 0.6 is 0 Å². The molecule has 0 aliphatic heterocycles. The van der Waals surface area contributed by atoms with Crippen molar-refractivity contribution in [2.75, 3.05) is 5.32 Å². The lowest BCUT2D eigenvalue weighted by Gasteiger charge is -2.08. The summed E-state index contributed by atoms with van der Waals surface area (Å²) in [5.74, 6) is -1.01. The van der Waals surface area contributed by atoms with Crippen molar-refractivity contribution in [2.24, 2.45) is 0 Å². The molecule has 0 aliphatic carbocycles. The Labute approximate surface area is 127 Å². The lowest BCUT2D eigenvalue weighted by Crippen LogP contribution is -2.28. The largest absolute Gasteiger partial charge is 0.478 e. The topological polar surface area (TPSA) is 102 Å².